The Morgan fingerprint density at radius 3 is 1.55 bits per heavy atom. The van der Waals surface area contributed by atoms with E-state index in [0.717, 1.165) is 9.52 Å². The summed E-state index contributed by atoms with van der Waals surface area (Å²) in [6.45, 7) is 6.45. The molecule has 0 nitrogen and oxygen atoms in total. The van der Waals surface area contributed by atoms with Crippen molar-refractivity contribution < 1.29 is 26.2 Å². The average molecular weight is 615 g/mol. The van der Waals surface area contributed by atoms with Crippen LogP contribution in [0, 0.1) is 21.8 Å². The van der Waals surface area contributed by atoms with Gasteiger partial charge < -0.3 is 14.9 Å². The molecule has 2 heteroatoms. The first-order chi connectivity index (χ1) is 18.2. The summed E-state index contributed by atoms with van der Waals surface area (Å²) in [7, 11) is 1.08. The van der Waals surface area contributed by atoms with Crippen molar-refractivity contribution in [3.63, 3.8) is 0 Å². The number of aryl methyl sites for hydroxylation is 1. The summed E-state index contributed by atoms with van der Waals surface area (Å²) in [4.78, 5) is 0. The van der Waals surface area contributed by atoms with Gasteiger partial charge in [-0.25, -0.2) is 0 Å². The summed E-state index contributed by atoms with van der Waals surface area (Å²) >= 11 is 0. The molecule has 0 N–H and O–H groups in total. The molecule has 0 aliphatic carbocycles. The molecule has 0 atom stereocenters. The van der Waals surface area contributed by atoms with Crippen molar-refractivity contribution in [3.05, 3.63) is 166 Å². The van der Waals surface area contributed by atoms with Crippen LogP contribution >= 0.6 is 0 Å². The van der Waals surface area contributed by atoms with Crippen molar-refractivity contribution in [2.24, 2.45) is 0 Å². The van der Waals surface area contributed by atoms with Crippen LogP contribution in [-0.4, -0.2) is 9.52 Å². The van der Waals surface area contributed by atoms with E-state index < -0.39 is 0 Å². The molecule has 0 aliphatic heterocycles. The van der Waals surface area contributed by atoms with Gasteiger partial charge in [-0.15, -0.1) is 93.8 Å². The smallest absolute Gasteiger partial charge is 0.0307 e. The number of benzene rings is 4. The first kappa shape index (κ1) is 34.8. The Bertz CT molecular complexity index is 1510. The molecule has 0 heterocycles. The number of hydrogen-bond acceptors (Lipinski definition) is 0. The molecule has 7 aromatic rings. The summed E-state index contributed by atoms with van der Waals surface area (Å²) in [6.07, 6.45) is 0. The molecular weight excluding hydrogens is 576 g/mol. The molecular formula is C38H39SiZr-5. The average Bonchev–Trinajstić information content (AvgIpc) is 3.69. The Balaban J connectivity index is 0.000000290. The monoisotopic (exact) mass is 613 g/mol. The Morgan fingerprint density at radius 1 is 0.550 bits per heavy atom. The minimum absolute atomic E-state index is 0. The van der Waals surface area contributed by atoms with Gasteiger partial charge in [0, 0.05) is 35.7 Å². The first-order valence-corrected chi connectivity index (χ1v) is 14.7. The fourth-order valence-electron chi connectivity index (χ4n) is 4.39. The minimum atomic E-state index is 0. The Morgan fingerprint density at radius 2 is 1.02 bits per heavy atom. The molecule has 0 spiro atoms. The zero-order valence-corrected chi connectivity index (χ0v) is 27.8. The third-order valence-corrected chi connectivity index (χ3v) is 6.07. The normalized spacial score (nSPS) is 9.38. The van der Waals surface area contributed by atoms with Crippen LogP contribution in [0.5, 0.6) is 0 Å². The molecule has 7 rings (SSSR count). The van der Waals surface area contributed by atoms with Gasteiger partial charge in [-0.1, -0.05) is 74.1 Å². The molecule has 7 aromatic carbocycles. The van der Waals surface area contributed by atoms with Gasteiger partial charge in [-0.2, -0.15) is 41.1 Å². The van der Waals surface area contributed by atoms with Gasteiger partial charge in [0.25, 0.3) is 0 Å². The molecule has 0 fully saturated rings. The van der Waals surface area contributed by atoms with Crippen molar-refractivity contribution in [1.29, 1.82) is 0 Å². The van der Waals surface area contributed by atoms with Gasteiger partial charge in [0.2, 0.25) is 0 Å². The van der Waals surface area contributed by atoms with Crippen LogP contribution in [0.3, 0.4) is 0 Å². The zero-order chi connectivity index (χ0) is 25.9. The quantitative estimate of drug-likeness (QED) is 0.127. The predicted molar refractivity (Wildman–Crippen MR) is 179 cm³/mol. The number of fused-ring (bicyclic) bond motifs is 3. The fourth-order valence-corrected chi connectivity index (χ4v) is 4.39. The largest absolute Gasteiger partial charge is 0.358 e. The maximum atomic E-state index is 2.26. The van der Waals surface area contributed by atoms with E-state index in [1.807, 2.05) is 0 Å². The third-order valence-electron chi connectivity index (χ3n) is 6.07. The molecule has 0 saturated heterocycles. The van der Waals surface area contributed by atoms with Crippen molar-refractivity contribution in [2.75, 3.05) is 0 Å². The molecule has 0 unspecified atom stereocenters. The van der Waals surface area contributed by atoms with Gasteiger partial charge in [0.15, 0.2) is 0 Å². The SMILES string of the molecule is C[Si]C.Cc1cc2c(-c3ccccc3)cccc2[cH-]1.[CH3-].[CH3-].[Zr].c1ccc2[cH-]ccc2c1.c1ccc2[cH-]ccc2c1. The second-order valence-corrected chi connectivity index (χ2v) is 10.0. The predicted octanol–water partition coefficient (Wildman–Crippen LogP) is 11.3. The second-order valence-electron chi connectivity index (χ2n) is 9.02. The van der Waals surface area contributed by atoms with Gasteiger partial charge >= 0.3 is 0 Å². The Labute approximate surface area is 263 Å². The van der Waals surface area contributed by atoms with E-state index in [1.54, 1.807) is 0 Å². The number of rotatable bonds is 1. The molecule has 0 amide bonds. The maximum absolute atomic E-state index is 2.26. The summed E-state index contributed by atoms with van der Waals surface area (Å²) < 4.78 is 0. The summed E-state index contributed by atoms with van der Waals surface area (Å²) in [6, 6.07) is 50.9. The summed E-state index contributed by atoms with van der Waals surface area (Å²) in [5.41, 5.74) is 3.95. The van der Waals surface area contributed by atoms with Crippen LogP contribution in [0.2, 0.25) is 13.1 Å². The Kier molecular flexibility index (Phi) is 15.9. The van der Waals surface area contributed by atoms with Crippen LogP contribution in [0.15, 0.2) is 146 Å². The van der Waals surface area contributed by atoms with Crippen LogP contribution in [0.25, 0.3) is 43.4 Å². The molecule has 0 bridgehead atoms. The maximum Gasteiger partial charge on any atom is 0.0307 e. The topological polar surface area (TPSA) is 0 Å². The van der Waals surface area contributed by atoms with Crippen LogP contribution in [-0.2, 0) is 26.2 Å². The van der Waals surface area contributed by atoms with E-state index in [0.29, 0.717) is 0 Å². The van der Waals surface area contributed by atoms with Crippen molar-refractivity contribution in [3.8, 4) is 11.1 Å². The van der Waals surface area contributed by atoms with E-state index in [1.165, 1.54) is 49.0 Å². The minimum Gasteiger partial charge on any atom is -0.358 e. The molecule has 0 saturated carbocycles. The molecule has 204 valence electrons. The molecule has 0 aromatic heterocycles. The zero-order valence-electron chi connectivity index (χ0n) is 24.4. The van der Waals surface area contributed by atoms with E-state index in [2.05, 4.69) is 166 Å². The molecule has 0 aliphatic rings. The molecule has 2 radical (unpaired) electrons. The van der Waals surface area contributed by atoms with Gasteiger partial charge in [0.1, 0.15) is 0 Å². The van der Waals surface area contributed by atoms with E-state index >= 15 is 0 Å². The Hall–Kier alpha value is -3.19. The summed E-state index contributed by atoms with van der Waals surface area (Å²) in [5, 5.41) is 8.01. The first-order valence-electron chi connectivity index (χ1n) is 12.7. The van der Waals surface area contributed by atoms with Gasteiger partial charge in [-0.05, 0) is 5.56 Å². The van der Waals surface area contributed by atoms with Crippen LogP contribution in [0.4, 0.5) is 0 Å². The van der Waals surface area contributed by atoms with Gasteiger partial charge in [0.05, 0.1) is 0 Å². The van der Waals surface area contributed by atoms with E-state index in [4.69, 9.17) is 0 Å². The van der Waals surface area contributed by atoms with Crippen molar-refractivity contribution in [2.45, 2.75) is 20.0 Å². The third kappa shape index (κ3) is 9.47. The standard InChI is InChI=1S/C16H13.2C9H7.C2H6Si.2CH3.Zr/c1-12-10-14-8-5-9-15(16(14)11-12)13-6-3-2-4-7-13;2*1-2-5-9-7-3-6-8(9)4-1;1-3-2;;;/h2-11H,1H3;2*1-7H;1-2H3;2*1H3;/q3*-1;;2*-1;. The van der Waals surface area contributed by atoms with Crippen molar-refractivity contribution >= 4 is 41.8 Å². The van der Waals surface area contributed by atoms with Gasteiger partial charge in [-0.3, -0.25) is 0 Å². The fraction of sp³-hybridized carbons (Fsp3) is 0.0789. The van der Waals surface area contributed by atoms with E-state index in [-0.39, 0.29) is 41.1 Å². The molecule has 40 heavy (non-hydrogen) atoms. The second kappa shape index (κ2) is 18.2. The van der Waals surface area contributed by atoms with Crippen molar-refractivity contribution in [1.82, 2.24) is 0 Å². The van der Waals surface area contributed by atoms with Crippen LogP contribution < -0.4 is 0 Å². The van der Waals surface area contributed by atoms with E-state index in [9.17, 15) is 0 Å². The van der Waals surface area contributed by atoms with Crippen LogP contribution in [0.1, 0.15) is 5.56 Å². The summed E-state index contributed by atoms with van der Waals surface area (Å²) in [5.74, 6) is 0. The number of hydrogen-bond donors (Lipinski definition) is 0.